The lowest BCUT2D eigenvalue weighted by Crippen LogP contribution is -2.14. The maximum atomic E-state index is 5.99. The fraction of sp³-hybridized carbons (Fsp3) is 0.118. The molecule has 112 valence electrons. The van der Waals surface area contributed by atoms with E-state index < -0.39 is 0 Å². The molecule has 0 bridgehead atoms. The van der Waals surface area contributed by atoms with Gasteiger partial charge in [-0.15, -0.1) is 0 Å². The van der Waals surface area contributed by atoms with Gasteiger partial charge < -0.3 is 15.6 Å². The predicted octanol–water partition coefficient (Wildman–Crippen LogP) is 4.42. The van der Waals surface area contributed by atoms with Crippen molar-refractivity contribution in [2.75, 3.05) is 11.1 Å². The molecule has 0 aliphatic heterocycles. The van der Waals surface area contributed by atoms with Crippen molar-refractivity contribution in [1.82, 2.24) is 5.16 Å². The fourth-order valence-electron chi connectivity index (χ4n) is 2.42. The Morgan fingerprint density at radius 2 is 1.77 bits per heavy atom. The van der Waals surface area contributed by atoms with E-state index in [9.17, 15) is 0 Å². The average Bonchev–Trinajstić information content (AvgIpc) is 2.86. The molecule has 0 radical (unpaired) electrons. The molecule has 5 heteroatoms. The second kappa shape index (κ2) is 6.12. The molecule has 1 aromatic heterocycles. The maximum Gasteiger partial charge on any atom is 0.227 e. The summed E-state index contributed by atoms with van der Waals surface area (Å²) in [6, 6.07) is 17.4. The minimum absolute atomic E-state index is 0.161. The quantitative estimate of drug-likeness (QED) is 0.748. The van der Waals surface area contributed by atoms with Crippen LogP contribution in [-0.4, -0.2) is 5.16 Å². The van der Waals surface area contributed by atoms with Crippen molar-refractivity contribution in [1.29, 1.82) is 0 Å². The molecular formula is C17H16ClN3O. The summed E-state index contributed by atoms with van der Waals surface area (Å²) in [5.41, 5.74) is 9.59. The molecule has 1 atom stereocenters. The Morgan fingerprint density at radius 3 is 2.36 bits per heavy atom. The summed E-state index contributed by atoms with van der Waals surface area (Å²) < 4.78 is 5.12. The number of anilines is 2. The molecule has 0 spiro atoms. The van der Waals surface area contributed by atoms with Crippen LogP contribution in [0.3, 0.4) is 0 Å². The van der Waals surface area contributed by atoms with E-state index in [-0.39, 0.29) is 6.04 Å². The van der Waals surface area contributed by atoms with E-state index in [4.69, 9.17) is 21.9 Å². The van der Waals surface area contributed by atoms with Crippen molar-refractivity contribution in [3.8, 4) is 0 Å². The lowest BCUT2D eigenvalue weighted by Gasteiger charge is -2.20. The molecule has 3 rings (SSSR count). The lowest BCUT2D eigenvalue weighted by molar-refractivity contribution is 0.431. The predicted molar refractivity (Wildman–Crippen MR) is 89.0 cm³/mol. The first-order valence-electron chi connectivity index (χ1n) is 6.94. The minimum Gasteiger partial charge on any atom is -0.374 e. The van der Waals surface area contributed by atoms with E-state index in [1.165, 1.54) is 0 Å². The van der Waals surface area contributed by atoms with Gasteiger partial charge in [-0.1, -0.05) is 47.1 Å². The lowest BCUT2D eigenvalue weighted by atomic mass is 9.98. The zero-order valence-electron chi connectivity index (χ0n) is 12.1. The van der Waals surface area contributed by atoms with Crippen molar-refractivity contribution in [3.05, 3.63) is 76.4 Å². The number of nitrogens with zero attached hydrogens (tertiary/aromatic N) is 1. The number of benzene rings is 2. The molecule has 3 N–H and O–H groups in total. The van der Waals surface area contributed by atoms with Gasteiger partial charge in [0.1, 0.15) is 0 Å². The SMILES string of the molecule is Cc1noc(N)c1C(Nc1ccccc1)c1ccc(Cl)cc1. The van der Waals surface area contributed by atoms with Gasteiger partial charge in [-0.25, -0.2) is 0 Å². The van der Waals surface area contributed by atoms with Gasteiger partial charge in [0.2, 0.25) is 5.88 Å². The Kier molecular flexibility index (Phi) is 4.02. The summed E-state index contributed by atoms with van der Waals surface area (Å²) in [5, 5.41) is 8.12. The zero-order valence-corrected chi connectivity index (χ0v) is 12.8. The summed E-state index contributed by atoms with van der Waals surface area (Å²) in [7, 11) is 0. The van der Waals surface area contributed by atoms with E-state index >= 15 is 0 Å². The van der Waals surface area contributed by atoms with Crippen LogP contribution in [0.1, 0.15) is 22.9 Å². The van der Waals surface area contributed by atoms with E-state index in [0.717, 1.165) is 22.5 Å². The van der Waals surface area contributed by atoms with Gasteiger partial charge >= 0.3 is 0 Å². The second-order valence-corrected chi connectivity index (χ2v) is 5.48. The highest BCUT2D eigenvalue weighted by atomic mass is 35.5. The molecule has 0 saturated carbocycles. The van der Waals surface area contributed by atoms with Crippen molar-refractivity contribution in [3.63, 3.8) is 0 Å². The van der Waals surface area contributed by atoms with Gasteiger partial charge in [0, 0.05) is 10.7 Å². The third-order valence-corrected chi connectivity index (χ3v) is 3.76. The third kappa shape index (κ3) is 2.92. The summed E-state index contributed by atoms with van der Waals surface area (Å²) in [5.74, 6) is 0.320. The molecule has 1 unspecified atom stereocenters. The second-order valence-electron chi connectivity index (χ2n) is 5.04. The number of rotatable bonds is 4. The number of aromatic nitrogens is 1. The Labute approximate surface area is 133 Å². The fourth-order valence-corrected chi connectivity index (χ4v) is 2.55. The van der Waals surface area contributed by atoms with Crippen LogP contribution < -0.4 is 11.1 Å². The molecule has 0 saturated heterocycles. The third-order valence-electron chi connectivity index (χ3n) is 3.51. The van der Waals surface area contributed by atoms with E-state index in [1.807, 2.05) is 61.5 Å². The molecular weight excluding hydrogens is 298 g/mol. The summed E-state index contributed by atoms with van der Waals surface area (Å²) in [4.78, 5) is 0. The highest BCUT2D eigenvalue weighted by molar-refractivity contribution is 6.30. The van der Waals surface area contributed by atoms with Gasteiger partial charge in [0.05, 0.1) is 17.3 Å². The smallest absolute Gasteiger partial charge is 0.227 e. The Morgan fingerprint density at radius 1 is 1.09 bits per heavy atom. The van der Waals surface area contributed by atoms with Gasteiger partial charge in [-0.05, 0) is 36.8 Å². The number of hydrogen-bond acceptors (Lipinski definition) is 4. The van der Waals surface area contributed by atoms with Gasteiger partial charge in [0.25, 0.3) is 0 Å². The average molecular weight is 314 g/mol. The van der Waals surface area contributed by atoms with Crippen LogP contribution in [0.4, 0.5) is 11.6 Å². The summed E-state index contributed by atoms with van der Waals surface area (Å²) >= 11 is 5.99. The first kappa shape index (κ1) is 14.5. The van der Waals surface area contributed by atoms with Crippen molar-refractivity contribution in [2.24, 2.45) is 0 Å². The van der Waals surface area contributed by atoms with Crippen LogP contribution in [0.25, 0.3) is 0 Å². The first-order valence-corrected chi connectivity index (χ1v) is 7.31. The van der Waals surface area contributed by atoms with Crippen LogP contribution in [0.2, 0.25) is 5.02 Å². The molecule has 0 amide bonds. The van der Waals surface area contributed by atoms with E-state index in [1.54, 1.807) is 0 Å². The van der Waals surface area contributed by atoms with Crippen molar-refractivity contribution < 1.29 is 4.52 Å². The summed E-state index contributed by atoms with van der Waals surface area (Å²) in [6.07, 6.45) is 0. The van der Waals surface area contributed by atoms with Crippen LogP contribution in [0, 0.1) is 6.92 Å². The zero-order chi connectivity index (χ0) is 15.5. The normalized spacial score (nSPS) is 12.1. The van der Waals surface area contributed by atoms with Crippen LogP contribution in [-0.2, 0) is 0 Å². The number of para-hydroxylation sites is 1. The van der Waals surface area contributed by atoms with E-state index in [0.29, 0.717) is 10.9 Å². The molecule has 0 aliphatic carbocycles. The molecule has 4 nitrogen and oxygen atoms in total. The van der Waals surface area contributed by atoms with Gasteiger partial charge in [-0.2, -0.15) is 0 Å². The van der Waals surface area contributed by atoms with Crippen molar-refractivity contribution in [2.45, 2.75) is 13.0 Å². The highest BCUT2D eigenvalue weighted by Gasteiger charge is 2.23. The molecule has 0 fully saturated rings. The van der Waals surface area contributed by atoms with Crippen LogP contribution >= 0.6 is 11.6 Å². The van der Waals surface area contributed by atoms with Crippen LogP contribution in [0.15, 0.2) is 59.1 Å². The molecule has 2 aromatic carbocycles. The first-order chi connectivity index (χ1) is 10.6. The number of nitrogens with one attached hydrogen (secondary N) is 1. The standard InChI is InChI=1S/C17H16ClN3O/c1-11-15(17(19)22-21-11)16(12-7-9-13(18)10-8-12)20-14-5-3-2-4-6-14/h2-10,16,20H,19H2,1H3. The Balaban J connectivity index is 2.04. The number of hydrogen-bond donors (Lipinski definition) is 2. The Hall–Kier alpha value is -2.46. The monoisotopic (exact) mass is 313 g/mol. The topological polar surface area (TPSA) is 64.1 Å². The van der Waals surface area contributed by atoms with Crippen molar-refractivity contribution >= 4 is 23.2 Å². The van der Waals surface area contributed by atoms with Gasteiger partial charge in [-0.3, -0.25) is 0 Å². The largest absolute Gasteiger partial charge is 0.374 e. The highest BCUT2D eigenvalue weighted by Crippen LogP contribution is 2.33. The molecule has 3 aromatic rings. The molecule has 22 heavy (non-hydrogen) atoms. The molecule has 0 aliphatic rings. The van der Waals surface area contributed by atoms with E-state index in [2.05, 4.69) is 10.5 Å². The minimum atomic E-state index is -0.161. The number of halogens is 1. The number of aryl methyl sites for hydroxylation is 1. The Bertz CT molecular complexity index is 734. The van der Waals surface area contributed by atoms with Crippen LogP contribution in [0.5, 0.6) is 0 Å². The summed E-state index contributed by atoms with van der Waals surface area (Å²) in [6.45, 7) is 1.88. The number of nitrogen functional groups attached to an aromatic ring is 1. The van der Waals surface area contributed by atoms with Gasteiger partial charge in [0.15, 0.2) is 0 Å². The maximum absolute atomic E-state index is 5.99. The number of nitrogens with two attached hydrogens (primary N) is 1. The molecule has 1 heterocycles.